The van der Waals surface area contributed by atoms with E-state index in [1.165, 1.54) is 0 Å². The van der Waals surface area contributed by atoms with Crippen LogP contribution in [0.1, 0.15) is 40.0 Å². The van der Waals surface area contributed by atoms with Gasteiger partial charge in [-0.1, -0.05) is 0 Å². The number of aliphatic hydroxyl groups is 1. The number of nitrogens with one attached hydrogen (secondary N) is 1. The lowest BCUT2D eigenvalue weighted by atomic mass is 10.0. The first-order valence-corrected chi connectivity index (χ1v) is 5.55. The summed E-state index contributed by atoms with van der Waals surface area (Å²) in [6.07, 6.45) is 3.37. The van der Waals surface area contributed by atoms with Crippen LogP contribution in [0.5, 0.6) is 0 Å². The van der Waals surface area contributed by atoms with Crippen LogP contribution in [0.15, 0.2) is 0 Å². The first-order valence-electron chi connectivity index (χ1n) is 5.55. The van der Waals surface area contributed by atoms with E-state index < -0.39 is 5.60 Å². The maximum atomic E-state index is 9.53. The summed E-state index contributed by atoms with van der Waals surface area (Å²) < 4.78 is 5.47. The van der Waals surface area contributed by atoms with Crippen molar-refractivity contribution in [2.75, 3.05) is 13.2 Å². The number of hydrogen-bond donors (Lipinski definition) is 2. The average Bonchev–Trinajstić information content (AvgIpc) is 2.01. The molecule has 1 heterocycles. The zero-order chi connectivity index (χ0) is 10.6. The molecule has 0 spiro atoms. The van der Waals surface area contributed by atoms with Gasteiger partial charge in [0.2, 0.25) is 0 Å². The van der Waals surface area contributed by atoms with Crippen LogP contribution in [-0.4, -0.2) is 36.0 Å². The molecule has 2 atom stereocenters. The molecule has 1 aliphatic rings. The van der Waals surface area contributed by atoms with Gasteiger partial charge in [0, 0.05) is 12.6 Å². The lowest BCUT2D eigenvalue weighted by Crippen LogP contribution is -2.40. The maximum absolute atomic E-state index is 9.53. The van der Waals surface area contributed by atoms with E-state index in [1.54, 1.807) is 0 Å². The predicted molar refractivity (Wildman–Crippen MR) is 57.4 cm³/mol. The minimum Gasteiger partial charge on any atom is -0.390 e. The van der Waals surface area contributed by atoms with Crippen LogP contribution in [0.3, 0.4) is 0 Å². The topological polar surface area (TPSA) is 41.5 Å². The quantitative estimate of drug-likeness (QED) is 0.720. The van der Waals surface area contributed by atoms with Gasteiger partial charge < -0.3 is 15.2 Å². The van der Waals surface area contributed by atoms with Gasteiger partial charge in [-0.25, -0.2) is 0 Å². The molecule has 0 aromatic rings. The molecule has 0 saturated carbocycles. The highest BCUT2D eigenvalue weighted by molar-refractivity contribution is 4.76. The normalized spacial score (nSPS) is 29.1. The summed E-state index contributed by atoms with van der Waals surface area (Å²) in [5.41, 5.74) is -0.552. The molecular weight excluding hydrogens is 178 g/mol. The van der Waals surface area contributed by atoms with Gasteiger partial charge in [0.15, 0.2) is 0 Å². The lowest BCUT2D eigenvalue weighted by molar-refractivity contribution is 0.0113. The molecule has 2 N–H and O–H groups in total. The summed E-state index contributed by atoms with van der Waals surface area (Å²) in [6.45, 7) is 7.56. The van der Waals surface area contributed by atoms with E-state index in [0.717, 1.165) is 32.4 Å². The van der Waals surface area contributed by atoms with Crippen LogP contribution in [0.25, 0.3) is 0 Å². The van der Waals surface area contributed by atoms with Crippen molar-refractivity contribution in [3.05, 3.63) is 0 Å². The molecule has 1 saturated heterocycles. The van der Waals surface area contributed by atoms with Gasteiger partial charge in [-0.3, -0.25) is 0 Å². The van der Waals surface area contributed by atoms with Crippen LogP contribution < -0.4 is 5.32 Å². The minimum atomic E-state index is -0.552. The Balaban J connectivity index is 2.12. The fourth-order valence-corrected chi connectivity index (χ4v) is 1.77. The molecule has 0 bridgehead atoms. The summed E-state index contributed by atoms with van der Waals surface area (Å²) in [5, 5.41) is 13.0. The van der Waals surface area contributed by atoms with E-state index in [-0.39, 0.29) is 0 Å². The van der Waals surface area contributed by atoms with Crippen molar-refractivity contribution >= 4 is 0 Å². The summed E-state index contributed by atoms with van der Waals surface area (Å²) >= 11 is 0. The molecule has 3 heteroatoms. The molecule has 1 aliphatic heterocycles. The van der Waals surface area contributed by atoms with Crippen molar-refractivity contribution in [1.29, 1.82) is 0 Å². The average molecular weight is 201 g/mol. The monoisotopic (exact) mass is 201 g/mol. The van der Waals surface area contributed by atoms with Gasteiger partial charge in [0.25, 0.3) is 0 Å². The van der Waals surface area contributed by atoms with Crippen molar-refractivity contribution in [1.82, 2.24) is 5.32 Å². The van der Waals surface area contributed by atoms with Gasteiger partial charge >= 0.3 is 0 Å². The smallest absolute Gasteiger partial charge is 0.0603 e. The SMILES string of the molecule is CC1CC(NCCC(C)(C)O)CCO1. The maximum Gasteiger partial charge on any atom is 0.0603 e. The van der Waals surface area contributed by atoms with Crippen LogP contribution in [0.2, 0.25) is 0 Å². The fraction of sp³-hybridized carbons (Fsp3) is 1.00. The Labute approximate surface area is 86.8 Å². The third-order valence-electron chi connectivity index (χ3n) is 2.65. The van der Waals surface area contributed by atoms with Crippen LogP contribution in [0, 0.1) is 0 Å². The highest BCUT2D eigenvalue weighted by Gasteiger charge is 2.19. The second-order valence-electron chi connectivity index (χ2n) is 4.92. The van der Waals surface area contributed by atoms with Crippen molar-refractivity contribution in [2.45, 2.75) is 57.8 Å². The zero-order valence-electron chi connectivity index (χ0n) is 9.55. The first kappa shape index (κ1) is 12.0. The van der Waals surface area contributed by atoms with E-state index in [1.807, 2.05) is 13.8 Å². The van der Waals surface area contributed by atoms with Gasteiger partial charge in [-0.2, -0.15) is 0 Å². The highest BCUT2D eigenvalue weighted by Crippen LogP contribution is 2.13. The largest absolute Gasteiger partial charge is 0.390 e. The van der Waals surface area contributed by atoms with Crippen LogP contribution >= 0.6 is 0 Å². The second-order valence-corrected chi connectivity index (χ2v) is 4.92. The van der Waals surface area contributed by atoms with E-state index in [4.69, 9.17) is 4.74 Å². The molecule has 0 aromatic carbocycles. The summed E-state index contributed by atoms with van der Waals surface area (Å²) in [5.74, 6) is 0. The number of hydrogen-bond acceptors (Lipinski definition) is 3. The molecule has 3 nitrogen and oxygen atoms in total. The summed E-state index contributed by atoms with van der Waals surface area (Å²) in [6, 6.07) is 0.570. The molecule has 84 valence electrons. The second kappa shape index (κ2) is 5.10. The number of ether oxygens (including phenoxy) is 1. The molecule has 0 aromatic heterocycles. The van der Waals surface area contributed by atoms with Gasteiger partial charge in [-0.15, -0.1) is 0 Å². The fourth-order valence-electron chi connectivity index (χ4n) is 1.77. The van der Waals surface area contributed by atoms with E-state index in [9.17, 15) is 5.11 Å². The molecule has 14 heavy (non-hydrogen) atoms. The molecule has 1 fully saturated rings. The van der Waals surface area contributed by atoms with Crippen molar-refractivity contribution in [3.63, 3.8) is 0 Å². The van der Waals surface area contributed by atoms with Gasteiger partial charge in [0.05, 0.1) is 11.7 Å². The van der Waals surface area contributed by atoms with Gasteiger partial charge in [-0.05, 0) is 46.6 Å². The Morgan fingerprint density at radius 2 is 2.21 bits per heavy atom. The minimum absolute atomic E-state index is 0.378. The van der Waals surface area contributed by atoms with Crippen molar-refractivity contribution in [3.8, 4) is 0 Å². The summed E-state index contributed by atoms with van der Waals surface area (Å²) in [4.78, 5) is 0. The predicted octanol–water partition coefficient (Wildman–Crippen LogP) is 1.30. The summed E-state index contributed by atoms with van der Waals surface area (Å²) in [7, 11) is 0. The van der Waals surface area contributed by atoms with E-state index >= 15 is 0 Å². The Hall–Kier alpha value is -0.120. The highest BCUT2D eigenvalue weighted by atomic mass is 16.5. The van der Waals surface area contributed by atoms with Crippen molar-refractivity contribution < 1.29 is 9.84 Å². The van der Waals surface area contributed by atoms with E-state index in [2.05, 4.69) is 12.2 Å². The Kier molecular flexibility index (Phi) is 4.35. The Bertz CT molecular complexity index is 165. The van der Waals surface area contributed by atoms with Crippen LogP contribution in [-0.2, 0) is 4.74 Å². The molecule has 1 rings (SSSR count). The molecule has 0 amide bonds. The Morgan fingerprint density at radius 3 is 2.79 bits per heavy atom. The Morgan fingerprint density at radius 1 is 1.50 bits per heavy atom. The molecular formula is C11H23NO2. The van der Waals surface area contributed by atoms with Crippen LogP contribution in [0.4, 0.5) is 0 Å². The first-order chi connectivity index (χ1) is 6.47. The third-order valence-corrected chi connectivity index (χ3v) is 2.65. The molecule has 2 unspecified atom stereocenters. The lowest BCUT2D eigenvalue weighted by Gasteiger charge is -2.29. The third kappa shape index (κ3) is 4.94. The van der Waals surface area contributed by atoms with Crippen molar-refractivity contribution in [2.24, 2.45) is 0 Å². The van der Waals surface area contributed by atoms with Gasteiger partial charge in [0.1, 0.15) is 0 Å². The number of rotatable bonds is 4. The van der Waals surface area contributed by atoms with E-state index in [0.29, 0.717) is 12.1 Å². The molecule has 0 aliphatic carbocycles. The zero-order valence-corrected chi connectivity index (χ0v) is 9.55. The molecule has 0 radical (unpaired) electrons. The standard InChI is InChI=1S/C11H23NO2/c1-9-8-10(4-7-14-9)12-6-5-11(2,3)13/h9-10,12-13H,4-8H2,1-3H3.